The van der Waals surface area contributed by atoms with E-state index in [2.05, 4.69) is 38.5 Å². The molecule has 0 atom stereocenters. The zero-order valence-electron chi connectivity index (χ0n) is 16.3. The Morgan fingerprint density at radius 1 is 0.875 bits per heavy atom. The molecule has 32 heavy (non-hydrogen) atoms. The van der Waals surface area contributed by atoms with E-state index in [0.717, 1.165) is 8.96 Å². The van der Waals surface area contributed by atoms with Crippen LogP contribution in [0, 0.1) is 3.57 Å². The molecule has 0 aliphatic carbocycles. The highest BCUT2D eigenvalue weighted by Gasteiger charge is 2.14. The van der Waals surface area contributed by atoms with E-state index in [1.807, 2.05) is 18.2 Å². The largest absolute Gasteiger partial charge is 0.451 e. The fraction of sp³-hybridized carbons (Fsp3) is 0. The maximum absolute atomic E-state index is 12.6. The number of anilines is 2. The number of amides is 2. The number of furan rings is 1. The standard InChI is InChI=1S/C23H15ClIN3O3S/c24-18-9-8-14(25)11-17(18)21(29)28-23(32)27-16-6-3-5-15(12-16)26-22(30)20-10-13-4-1-2-7-19(13)31-20/h1-12H,(H,26,30)(H2,27,28,29,32). The summed E-state index contributed by atoms with van der Waals surface area (Å²) in [4.78, 5) is 25.0. The second-order valence-electron chi connectivity index (χ2n) is 6.72. The molecule has 2 amide bonds. The number of carbonyl (C=O) groups excluding carboxylic acids is 2. The van der Waals surface area contributed by atoms with Gasteiger partial charge >= 0.3 is 0 Å². The first-order valence-electron chi connectivity index (χ1n) is 9.36. The van der Waals surface area contributed by atoms with E-state index < -0.39 is 5.91 Å². The molecule has 0 unspecified atom stereocenters. The fourth-order valence-corrected chi connectivity index (χ4v) is 3.87. The Hall–Kier alpha value is -2.95. The number of rotatable bonds is 4. The summed E-state index contributed by atoms with van der Waals surface area (Å²) in [5.74, 6) is -0.579. The van der Waals surface area contributed by atoms with Crippen LogP contribution in [0.3, 0.4) is 0 Å². The summed E-state index contributed by atoms with van der Waals surface area (Å²) in [6.07, 6.45) is 0. The summed E-state index contributed by atoms with van der Waals surface area (Å²) in [5, 5.41) is 9.61. The van der Waals surface area contributed by atoms with Crippen molar-refractivity contribution in [3.8, 4) is 0 Å². The highest BCUT2D eigenvalue weighted by molar-refractivity contribution is 14.1. The molecule has 0 aliphatic rings. The maximum Gasteiger partial charge on any atom is 0.291 e. The number of fused-ring (bicyclic) bond motifs is 1. The molecule has 0 fully saturated rings. The number of halogens is 2. The van der Waals surface area contributed by atoms with Crippen molar-refractivity contribution in [2.24, 2.45) is 0 Å². The molecule has 4 aromatic rings. The van der Waals surface area contributed by atoms with Gasteiger partial charge in [0.2, 0.25) is 0 Å². The number of carbonyl (C=O) groups is 2. The zero-order chi connectivity index (χ0) is 22.7. The lowest BCUT2D eigenvalue weighted by molar-refractivity contribution is 0.0975. The Balaban J connectivity index is 1.41. The lowest BCUT2D eigenvalue weighted by Crippen LogP contribution is -2.34. The topological polar surface area (TPSA) is 83.4 Å². The van der Waals surface area contributed by atoms with Gasteiger partial charge in [-0.25, -0.2) is 0 Å². The predicted molar refractivity (Wildman–Crippen MR) is 138 cm³/mol. The summed E-state index contributed by atoms with van der Waals surface area (Å²) in [6, 6.07) is 21.2. The smallest absolute Gasteiger partial charge is 0.291 e. The first-order chi connectivity index (χ1) is 15.4. The van der Waals surface area contributed by atoms with Gasteiger partial charge in [0.25, 0.3) is 11.8 Å². The van der Waals surface area contributed by atoms with Crippen LogP contribution < -0.4 is 16.0 Å². The first kappa shape index (κ1) is 22.3. The summed E-state index contributed by atoms with van der Waals surface area (Å²) in [6.45, 7) is 0. The molecule has 0 radical (unpaired) electrons. The first-order valence-corrected chi connectivity index (χ1v) is 11.2. The van der Waals surface area contributed by atoms with Crippen LogP contribution in [0.5, 0.6) is 0 Å². The molecule has 4 rings (SSSR count). The van der Waals surface area contributed by atoms with Crippen LogP contribution >= 0.6 is 46.4 Å². The van der Waals surface area contributed by atoms with Crippen LogP contribution in [0.1, 0.15) is 20.9 Å². The van der Waals surface area contributed by atoms with Gasteiger partial charge in [-0.05, 0) is 83.3 Å². The van der Waals surface area contributed by atoms with E-state index >= 15 is 0 Å². The second-order valence-corrected chi connectivity index (χ2v) is 8.78. The molecular formula is C23H15ClIN3O3S. The van der Waals surface area contributed by atoms with Gasteiger partial charge in [-0.3, -0.25) is 14.9 Å². The third-order valence-electron chi connectivity index (χ3n) is 4.43. The number of nitrogens with one attached hydrogen (secondary N) is 3. The molecule has 1 heterocycles. The zero-order valence-corrected chi connectivity index (χ0v) is 20.0. The van der Waals surface area contributed by atoms with Crippen LogP contribution in [0.25, 0.3) is 11.0 Å². The highest BCUT2D eigenvalue weighted by Crippen LogP contribution is 2.22. The Labute approximate surface area is 207 Å². The van der Waals surface area contributed by atoms with Gasteiger partial charge in [0.15, 0.2) is 10.9 Å². The minimum Gasteiger partial charge on any atom is -0.451 e. The number of hydrogen-bond acceptors (Lipinski definition) is 4. The lowest BCUT2D eigenvalue weighted by Gasteiger charge is -2.12. The van der Waals surface area contributed by atoms with E-state index in [9.17, 15) is 9.59 Å². The normalized spacial score (nSPS) is 10.6. The summed E-state index contributed by atoms with van der Waals surface area (Å²) in [7, 11) is 0. The van der Waals surface area contributed by atoms with Crippen LogP contribution in [0.2, 0.25) is 5.02 Å². The molecule has 9 heteroatoms. The maximum atomic E-state index is 12.6. The Morgan fingerprint density at radius 3 is 2.41 bits per heavy atom. The number of benzene rings is 3. The Bertz CT molecular complexity index is 1320. The van der Waals surface area contributed by atoms with Gasteiger partial charge in [0.05, 0.1) is 10.6 Å². The third-order valence-corrected chi connectivity index (χ3v) is 5.63. The average Bonchev–Trinajstić information content (AvgIpc) is 3.20. The van der Waals surface area contributed by atoms with Crippen molar-refractivity contribution < 1.29 is 14.0 Å². The van der Waals surface area contributed by atoms with Gasteiger partial charge in [0.1, 0.15) is 5.58 Å². The van der Waals surface area contributed by atoms with Crippen molar-refractivity contribution in [3.63, 3.8) is 0 Å². The van der Waals surface area contributed by atoms with Gasteiger partial charge in [-0.15, -0.1) is 0 Å². The fourth-order valence-electron chi connectivity index (χ4n) is 2.97. The Kier molecular flexibility index (Phi) is 6.73. The van der Waals surface area contributed by atoms with Crippen molar-refractivity contribution in [1.29, 1.82) is 0 Å². The van der Waals surface area contributed by atoms with E-state index in [1.165, 1.54) is 0 Å². The molecule has 0 aliphatic heterocycles. The van der Waals surface area contributed by atoms with E-state index in [-0.39, 0.29) is 16.8 Å². The van der Waals surface area contributed by atoms with Crippen LogP contribution in [-0.2, 0) is 0 Å². The van der Waals surface area contributed by atoms with Crippen LogP contribution in [-0.4, -0.2) is 16.9 Å². The molecular weight excluding hydrogens is 561 g/mol. The molecule has 1 aromatic heterocycles. The summed E-state index contributed by atoms with van der Waals surface area (Å²) < 4.78 is 6.47. The molecule has 160 valence electrons. The SMILES string of the molecule is O=C(Nc1cccc(NC(=S)NC(=O)c2cc(I)ccc2Cl)c1)c1cc2ccccc2o1. The molecule has 0 bridgehead atoms. The molecule has 6 nitrogen and oxygen atoms in total. The van der Waals surface area contributed by atoms with Gasteiger partial charge in [0, 0.05) is 20.3 Å². The van der Waals surface area contributed by atoms with Crippen molar-refractivity contribution in [2.45, 2.75) is 0 Å². The molecule has 0 saturated heterocycles. The van der Waals surface area contributed by atoms with Crippen LogP contribution in [0.15, 0.2) is 77.2 Å². The van der Waals surface area contributed by atoms with Crippen LogP contribution in [0.4, 0.5) is 11.4 Å². The van der Waals surface area contributed by atoms with Gasteiger partial charge < -0.3 is 15.1 Å². The minimum absolute atomic E-state index is 0.102. The average molecular weight is 576 g/mol. The van der Waals surface area contributed by atoms with Crippen molar-refractivity contribution in [3.05, 3.63) is 92.7 Å². The second kappa shape index (κ2) is 9.68. The molecule has 3 N–H and O–H groups in total. The monoisotopic (exact) mass is 575 g/mol. The predicted octanol–water partition coefficient (Wildman–Crippen LogP) is 6.07. The van der Waals surface area contributed by atoms with Crippen molar-refractivity contribution in [2.75, 3.05) is 10.6 Å². The van der Waals surface area contributed by atoms with Crippen molar-refractivity contribution >= 4 is 85.7 Å². The molecule has 3 aromatic carbocycles. The highest BCUT2D eigenvalue weighted by atomic mass is 127. The summed E-state index contributed by atoms with van der Waals surface area (Å²) in [5.41, 5.74) is 2.10. The van der Waals surface area contributed by atoms with Gasteiger partial charge in [-0.2, -0.15) is 0 Å². The molecule has 0 spiro atoms. The van der Waals surface area contributed by atoms with E-state index in [4.69, 9.17) is 28.2 Å². The quantitative estimate of drug-likeness (QED) is 0.203. The third kappa shape index (κ3) is 5.26. The summed E-state index contributed by atoms with van der Waals surface area (Å²) >= 11 is 13.4. The van der Waals surface area contributed by atoms with Crippen molar-refractivity contribution in [1.82, 2.24) is 5.32 Å². The molecule has 0 saturated carbocycles. The number of thiocarbonyl (C=S) groups is 1. The van der Waals surface area contributed by atoms with Gasteiger partial charge in [-0.1, -0.05) is 35.9 Å². The van der Waals surface area contributed by atoms with E-state index in [1.54, 1.807) is 54.6 Å². The lowest BCUT2D eigenvalue weighted by atomic mass is 10.2. The Morgan fingerprint density at radius 2 is 1.62 bits per heavy atom. The van der Waals surface area contributed by atoms with E-state index in [0.29, 0.717) is 27.5 Å². The minimum atomic E-state index is -0.416. The number of para-hydroxylation sites is 1. The number of hydrogen-bond donors (Lipinski definition) is 3.